The van der Waals surface area contributed by atoms with Crippen molar-refractivity contribution in [2.75, 3.05) is 28.5 Å². The van der Waals surface area contributed by atoms with E-state index in [1.54, 1.807) is 6.07 Å². The van der Waals surface area contributed by atoms with Crippen LogP contribution in [0.3, 0.4) is 0 Å². The Morgan fingerprint density at radius 3 is 2.63 bits per heavy atom. The SMILES string of the molecule is Cc1ccc(OCC(=O)Nc2cc(N3CCCS3(=O)=O)ccc2O)cc1C. The van der Waals surface area contributed by atoms with Crippen LogP contribution in [0.1, 0.15) is 17.5 Å². The molecule has 2 aromatic rings. The summed E-state index contributed by atoms with van der Waals surface area (Å²) in [6.45, 7) is 4.10. The fourth-order valence-electron chi connectivity index (χ4n) is 2.85. The molecule has 1 heterocycles. The molecule has 0 unspecified atom stereocenters. The predicted molar refractivity (Wildman–Crippen MR) is 104 cm³/mol. The zero-order valence-corrected chi connectivity index (χ0v) is 16.0. The normalized spacial score (nSPS) is 15.6. The molecule has 7 nitrogen and oxygen atoms in total. The molecule has 1 saturated heterocycles. The van der Waals surface area contributed by atoms with Crippen LogP contribution in [0.5, 0.6) is 11.5 Å². The van der Waals surface area contributed by atoms with E-state index in [2.05, 4.69) is 5.32 Å². The summed E-state index contributed by atoms with van der Waals surface area (Å²) in [7, 11) is -3.34. The summed E-state index contributed by atoms with van der Waals surface area (Å²) in [5.74, 6) is 0.0774. The average molecular weight is 390 g/mol. The van der Waals surface area contributed by atoms with E-state index < -0.39 is 15.9 Å². The van der Waals surface area contributed by atoms with Gasteiger partial charge in [-0.25, -0.2) is 8.42 Å². The molecule has 1 fully saturated rings. The monoisotopic (exact) mass is 390 g/mol. The number of amides is 1. The standard InChI is InChI=1S/C19H22N2O5S/c1-13-4-6-16(10-14(13)2)26-12-19(23)20-17-11-15(5-7-18(17)22)21-8-3-9-27(21,24)25/h4-7,10-11,22H,3,8-9,12H2,1-2H3,(H,20,23). The van der Waals surface area contributed by atoms with E-state index in [0.29, 0.717) is 24.4 Å². The van der Waals surface area contributed by atoms with Crippen molar-refractivity contribution in [2.45, 2.75) is 20.3 Å². The molecule has 0 aliphatic carbocycles. The van der Waals surface area contributed by atoms with Gasteiger partial charge in [-0.3, -0.25) is 9.10 Å². The summed E-state index contributed by atoms with van der Waals surface area (Å²) < 4.78 is 30.9. The number of nitrogens with one attached hydrogen (secondary N) is 1. The summed E-state index contributed by atoms with van der Waals surface area (Å²) in [5.41, 5.74) is 2.74. The lowest BCUT2D eigenvalue weighted by atomic mass is 10.1. The van der Waals surface area contributed by atoms with E-state index in [-0.39, 0.29) is 23.8 Å². The number of sulfonamides is 1. The Morgan fingerprint density at radius 1 is 1.19 bits per heavy atom. The lowest BCUT2D eigenvalue weighted by Gasteiger charge is -2.18. The Morgan fingerprint density at radius 2 is 1.96 bits per heavy atom. The number of anilines is 2. The van der Waals surface area contributed by atoms with E-state index in [1.807, 2.05) is 26.0 Å². The molecule has 1 amide bonds. The average Bonchev–Trinajstić information content (AvgIpc) is 2.97. The Kier molecular flexibility index (Phi) is 5.27. The first-order valence-corrected chi connectivity index (χ1v) is 10.2. The van der Waals surface area contributed by atoms with Crippen LogP contribution >= 0.6 is 0 Å². The van der Waals surface area contributed by atoms with Gasteiger partial charge in [-0.05, 0) is 61.7 Å². The van der Waals surface area contributed by atoms with Gasteiger partial charge in [0.25, 0.3) is 5.91 Å². The van der Waals surface area contributed by atoms with Crippen LogP contribution in [-0.4, -0.2) is 38.3 Å². The molecule has 0 aromatic heterocycles. The number of nitrogens with zero attached hydrogens (tertiary/aromatic N) is 1. The minimum atomic E-state index is -3.34. The highest BCUT2D eigenvalue weighted by atomic mass is 32.2. The first-order chi connectivity index (χ1) is 12.8. The number of phenols is 1. The Labute approximate surface area is 158 Å². The van der Waals surface area contributed by atoms with Crippen LogP contribution in [0, 0.1) is 13.8 Å². The van der Waals surface area contributed by atoms with Crippen molar-refractivity contribution in [3.63, 3.8) is 0 Å². The molecular formula is C19H22N2O5S. The van der Waals surface area contributed by atoms with E-state index in [9.17, 15) is 18.3 Å². The summed E-state index contributed by atoms with van der Waals surface area (Å²) >= 11 is 0. The number of ether oxygens (including phenoxy) is 1. The first-order valence-electron chi connectivity index (χ1n) is 8.59. The highest BCUT2D eigenvalue weighted by Crippen LogP contribution is 2.32. The highest BCUT2D eigenvalue weighted by Gasteiger charge is 2.28. The number of carbonyl (C=O) groups excluding carboxylic acids is 1. The maximum Gasteiger partial charge on any atom is 0.262 e. The molecule has 2 aromatic carbocycles. The molecule has 1 aliphatic heterocycles. The lowest BCUT2D eigenvalue weighted by molar-refractivity contribution is -0.118. The van der Waals surface area contributed by atoms with Crippen LogP contribution in [0.15, 0.2) is 36.4 Å². The number of rotatable bonds is 5. The lowest BCUT2D eigenvalue weighted by Crippen LogP contribution is -2.25. The van der Waals surface area contributed by atoms with Gasteiger partial charge in [0.05, 0.1) is 17.1 Å². The summed E-state index contributed by atoms with van der Waals surface area (Å²) in [6, 6.07) is 9.87. The maximum atomic E-state index is 12.2. The second kappa shape index (κ2) is 7.48. The molecule has 0 spiro atoms. The summed E-state index contributed by atoms with van der Waals surface area (Å²) in [5, 5.41) is 12.5. The summed E-state index contributed by atoms with van der Waals surface area (Å²) in [4.78, 5) is 12.2. The third-order valence-electron chi connectivity index (χ3n) is 4.49. The fraction of sp³-hybridized carbons (Fsp3) is 0.316. The fourth-order valence-corrected chi connectivity index (χ4v) is 4.40. The topological polar surface area (TPSA) is 95.9 Å². The van der Waals surface area contributed by atoms with Gasteiger partial charge >= 0.3 is 0 Å². The Balaban J connectivity index is 1.68. The van der Waals surface area contributed by atoms with Gasteiger partial charge in [0, 0.05) is 6.54 Å². The molecule has 0 bridgehead atoms. The number of aryl methyl sites for hydroxylation is 2. The molecule has 0 atom stereocenters. The molecule has 1 aliphatic rings. The molecule has 8 heteroatoms. The number of aromatic hydroxyl groups is 1. The largest absolute Gasteiger partial charge is 0.506 e. The van der Waals surface area contributed by atoms with Gasteiger partial charge in [0.15, 0.2) is 6.61 Å². The van der Waals surface area contributed by atoms with Gasteiger partial charge < -0.3 is 15.2 Å². The maximum absolute atomic E-state index is 12.2. The zero-order chi connectivity index (χ0) is 19.6. The van der Waals surface area contributed by atoms with Crippen LogP contribution < -0.4 is 14.4 Å². The van der Waals surface area contributed by atoms with Crippen molar-refractivity contribution < 1.29 is 23.1 Å². The molecule has 0 saturated carbocycles. The molecule has 144 valence electrons. The molecule has 3 rings (SSSR count). The quantitative estimate of drug-likeness (QED) is 0.765. The van der Waals surface area contributed by atoms with Crippen LogP contribution in [0.2, 0.25) is 0 Å². The second-order valence-electron chi connectivity index (χ2n) is 6.53. The first kappa shape index (κ1) is 19.0. The molecule has 2 N–H and O–H groups in total. The minimum absolute atomic E-state index is 0.0966. The van der Waals surface area contributed by atoms with Crippen molar-refractivity contribution in [2.24, 2.45) is 0 Å². The number of hydrogen-bond acceptors (Lipinski definition) is 5. The minimum Gasteiger partial charge on any atom is -0.506 e. The number of benzene rings is 2. The summed E-state index contributed by atoms with van der Waals surface area (Å²) in [6.07, 6.45) is 0.550. The van der Waals surface area contributed by atoms with Crippen LogP contribution in [0.4, 0.5) is 11.4 Å². The third-order valence-corrected chi connectivity index (χ3v) is 6.36. The van der Waals surface area contributed by atoms with Crippen molar-refractivity contribution in [3.05, 3.63) is 47.5 Å². The van der Waals surface area contributed by atoms with Gasteiger partial charge in [-0.2, -0.15) is 0 Å². The van der Waals surface area contributed by atoms with Gasteiger partial charge in [-0.15, -0.1) is 0 Å². The van der Waals surface area contributed by atoms with Crippen molar-refractivity contribution in [1.82, 2.24) is 0 Å². The highest BCUT2D eigenvalue weighted by molar-refractivity contribution is 7.93. The second-order valence-corrected chi connectivity index (χ2v) is 8.54. The van der Waals surface area contributed by atoms with E-state index in [0.717, 1.165) is 11.1 Å². The van der Waals surface area contributed by atoms with Gasteiger partial charge in [0.2, 0.25) is 10.0 Å². The number of hydrogen-bond donors (Lipinski definition) is 2. The predicted octanol–water partition coefficient (Wildman–Crippen LogP) is 2.57. The van der Waals surface area contributed by atoms with Crippen molar-refractivity contribution in [1.29, 1.82) is 0 Å². The van der Waals surface area contributed by atoms with E-state index >= 15 is 0 Å². The van der Waals surface area contributed by atoms with Crippen LogP contribution in [-0.2, 0) is 14.8 Å². The molecule has 27 heavy (non-hydrogen) atoms. The van der Waals surface area contributed by atoms with Gasteiger partial charge in [0.1, 0.15) is 11.5 Å². The van der Waals surface area contributed by atoms with Crippen molar-refractivity contribution >= 4 is 27.3 Å². The van der Waals surface area contributed by atoms with E-state index in [1.165, 1.54) is 22.5 Å². The third kappa shape index (κ3) is 4.33. The molecule has 0 radical (unpaired) electrons. The molecular weight excluding hydrogens is 368 g/mol. The van der Waals surface area contributed by atoms with Crippen molar-refractivity contribution in [3.8, 4) is 11.5 Å². The Hall–Kier alpha value is -2.74. The zero-order valence-electron chi connectivity index (χ0n) is 15.2. The number of phenolic OH excluding ortho intramolecular Hbond substituents is 1. The van der Waals surface area contributed by atoms with Crippen LogP contribution in [0.25, 0.3) is 0 Å². The smallest absolute Gasteiger partial charge is 0.262 e. The number of carbonyl (C=O) groups is 1. The van der Waals surface area contributed by atoms with Gasteiger partial charge in [-0.1, -0.05) is 6.07 Å². The van der Waals surface area contributed by atoms with E-state index in [4.69, 9.17) is 4.74 Å². The Bertz CT molecular complexity index is 972.